The zero-order valence-corrected chi connectivity index (χ0v) is 38.1. The first kappa shape index (κ1) is 54.4. The molecule has 3 aromatic heterocycles. The number of halogens is 1. The van der Waals surface area contributed by atoms with Crippen LogP contribution in [0.3, 0.4) is 0 Å². The Morgan fingerprint density at radius 1 is 0.980 bits per heavy atom. The van der Waals surface area contributed by atoms with Crippen molar-refractivity contribution in [2.45, 2.75) is 80.4 Å². The fraction of sp³-hybridized carbons (Fsp3) is 0.438. The van der Waals surface area contributed by atoms with E-state index in [0.29, 0.717) is 28.9 Å². The van der Waals surface area contributed by atoms with E-state index >= 15 is 0 Å². The van der Waals surface area contributed by atoms with Gasteiger partial charge >= 0.3 is 121 Å². The molecule has 0 spiro atoms. The topological polar surface area (TPSA) is 188 Å². The molecule has 3 aromatic rings. The zero-order chi connectivity index (χ0) is 36.6. The summed E-state index contributed by atoms with van der Waals surface area (Å²) in [7, 11) is 0. The van der Waals surface area contributed by atoms with Gasteiger partial charge in [-0.1, -0.05) is 21.9 Å². The first-order chi connectivity index (χ1) is 21.9. The summed E-state index contributed by atoms with van der Waals surface area (Å²) in [6, 6.07) is 7.16. The maximum absolute atomic E-state index is 12.3. The maximum atomic E-state index is 12.3. The van der Waals surface area contributed by atoms with E-state index in [4.69, 9.17) is 19.5 Å². The van der Waals surface area contributed by atoms with Gasteiger partial charge in [0, 0.05) is 30.1 Å². The minimum atomic E-state index is -0.598. The van der Waals surface area contributed by atoms with Gasteiger partial charge in [0.1, 0.15) is 16.5 Å². The number of esters is 3. The van der Waals surface area contributed by atoms with E-state index in [-0.39, 0.29) is 133 Å². The fourth-order valence-corrected chi connectivity index (χ4v) is 3.23. The summed E-state index contributed by atoms with van der Waals surface area (Å²) in [6.07, 6.45) is 4.85. The molecule has 0 saturated heterocycles. The Morgan fingerprint density at radius 3 is 1.82 bits per heavy atom. The predicted octanol–water partition coefficient (Wildman–Crippen LogP) is -1.87. The smallest absolute Gasteiger partial charge is 1.00 e. The van der Waals surface area contributed by atoms with E-state index in [1.54, 1.807) is 72.3 Å². The van der Waals surface area contributed by atoms with E-state index in [1.807, 2.05) is 32.9 Å². The van der Waals surface area contributed by atoms with Crippen LogP contribution in [0.5, 0.6) is 0 Å². The number of hydrogen-bond acceptors (Lipinski definition) is 13. The summed E-state index contributed by atoms with van der Waals surface area (Å²) in [5.41, 5.74) is 1.09. The third-order valence-electron chi connectivity index (χ3n) is 4.45. The monoisotopic (exact) mass is 800 g/mol. The molecule has 3 heterocycles. The number of nitrogens with zero attached hydrogens (tertiary/aromatic N) is 4. The number of rotatable bonds is 5. The van der Waals surface area contributed by atoms with Crippen molar-refractivity contribution in [1.82, 2.24) is 19.8 Å². The molecule has 260 valence electrons. The van der Waals surface area contributed by atoms with Gasteiger partial charge in [0.2, 0.25) is 0 Å². The van der Waals surface area contributed by atoms with Crippen LogP contribution >= 0.6 is 15.9 Å². The summed E-state index contributed by atoms with van der Waals surface area (Å²) in [5.74, 6) is 3.42. The van der Waals surface area contributed by atoms with Crippen molar-refractivity contribution in [3.63, 3.8) is 0 Å². The molecule has 14 nitrogen and oxygen atoms in total. The van der Waals surface area contributed by atoms with Gasteiger partial charge in [-0.25, -0.2) is 14.1 Å². The van der Waals surface area contributed by atoms with Gasteiger partial charge < -0.3 is 25.8 Å². The average molecular weight is 802 g/mol. The molecule has 0 aliphatic rings. The van der Waals surface area contributed by atoms with Crippen molar-refractivity contribution < 1.29 is 153 Å². The number of carbonyl (C=O) groups is 5. The molecule has 0 bridgehead atoms. The van der Waals surface area contributed by atoms with Crippen molar-refractivity contribution in [2.75, 3.05) is 11.9 Å². The third-order valence-corrected chi connectivity index (χ3v) is 4.90. The van der Waals surface area contributed by atoms with E-state index in [9.17, 15) is 19.2 Å². The number of ether oxygens (including phenoxy) is 3. The molecular weight excluding hydrogens is 758 g/mol. The van der Waals surface area contributed by atoms with Crippen molar-refractivity contribution in [3.8, 4) is 11.8 Å². The number of ketones is 1. The second kappa shape index (κ2) is 30.2. The first-order valence-corrected chi connectivity index (χ1v) is 15.0. The molecule has 0 aliphatic carbocycles. The maximum Gasteiger partial charge on any atom is 1.00 e. The average Bonchev–Trinajstić information content (AvgIpc) is 3.29. The summed E-state index contributed by atoms with van der Waals surface area (Å²) in [5, 5.41) is 19.9. The van der Waals surface area contributed by atoms with E-state index in [0.717, 1.165) is 0 Å². The molecule has 0 N–H and O–H groups in total. The molecule has 0 radical (unpaired) electrons. The molecule has 0 atom stereocenters. The fourth-order valence-electron chi connectivity index (χ4n) is 3.11. The Balaban J connectivity index is -0.000000190. The van der Waals surface area contributed by atoms with Gasteiger partial charge in [0.15, 0.2) is 11.5 Å². The Bertz CT molecular complexity index is 1460. The van der Waals surface area contributed by atoms with Crippen LogP contribution in [-0.4, -0.2) is 73.1 Å². The number of hydrogen-bond donors (Lipinski definition) is 0. The quantitative estimate of drug-likeness (QED) is 0.0267. The summed E-state index contributed by atoms with van der Waals surface area (Å²) >= 11 is 2.99. The molecule has 0 aromatic carbocycles. The molecule has 49 heavy (non-hydrogen) atoms. The molecule has 0 aliphatic heterocycles. The minimum Gasteiger partial charge on any atom is -1.00 e. The third kappa shape index (κ3) is 27.0. The van der Waals surface area contributed by atoms with Crippen LogP contribution in [0.15, 0.2) is 42.9 Å². The number of Topliss-reactive ketones (excluding diaryl/α,β-unsaturated/α-hetero) is 1. The van der Waals surface area contributed by atoms with Gasteiger partial charge in [-0.05, 0) is 99.1 Å². The van der Waals surface area contributed by atoms with Crippen molar-refractivity contribution in [2.24, 2.45) is 0 Å². The Kier molecular flexibility index (Phi) is 33.6. The summed E-state index contributed by atoms with van der Waals surface area (Å²) in [6.45, 7) is 17.7. The molecule has 0 fully saturated rings. The Labute approximate surface area is 382 Å². The summed E-state index contributed by atoms with van der Waals surface area (Å²) in [4.78, 5) is 56.2. The van der Waals surface area contributed by atoms with Crippen LogP contribution in [0.1, 0.15) is 90.2 Å². The van der Waals surface area contributed by atoms with Crippen LogP contribution in [0.4, 0.5) is 0 Å². The minimum absolute atomic E-state index is 0. The second-order valence-corrected chi connectivity index (χ2v) is 11.2. The Morgan fingerprint density at radius 2 is 1.49 bits per heavy atom. The van der Waals surface area contributed by atoms with Gasteiger partial charge in [-0.2, -0.15) is 15.3 Å². The number of alkyl halides is 1. The first-order valence-electron chi connectivity index (χ1n) is 13.9. The zero-order valence-electron chi connectivity index (χ0n) is 31.3. The van der Waals surface area contributed by atoms with Gasteiger partial charge in [0.25, 0.3) is 6.47 Å². The molecule has 0 saturated carbocycles. The largest absolute Gasteiger partial charge is 1.00 e. The van der Waals surface area contributed by atoms with Crippen LogP contribution in [-0.2, 0) is 33.5 Å². The summed E-state index contributed by atoms with van der Waals surface area (Å²) < 4.78 is 16.2. The van der Waals surface area contributed by atoms with Crippen molar-refractivity contribution >= 4 is 51.6 Å². The standard InChI is InChI=1S/C15H18N2O3.C6H11BrO2.C6H8O2.C4H4N2.CH2O3.2K.H/c1-9-12(10(2)18)11-7-6-8-16-17(11)13(9)14(19)20-15(3,4)5;1-6(2,3)9-5(8)4-7;1-3-5-6(7)8-4-2;1-2-4-6-5-3-1;2-1-4-3;;;/h6-8H,1-5H3;4H2,1-3H3;4H2,1-2H3;1-4H;1,3H;;;/q;;;;;2*+1;-1/p-1. The van der Waals surface area contributed by atoms with Crippen LogP contribution in [0.2, 0.25) is 0 Å². The molecule has 3 rings (SSSR count). The van der Waals surface area contributed by atoms with Crippen molar-refractivity contribution in [1.29, 1.82) is 0 Å². The Hall–Kier alpha value is -1.41. The van der Waals surface area contributed by atoms with Gasteiger partial charge in [-0.15, -0.1) is 0 Å². The molecule has 0 unspecified atom stereocenters. The predicted molar refractivity (Wildman–Crippen MR) is 175 cm³/mol. The second-order valence-electron chi connectivity index (χ2n) is 10.6. The molecule has 17 heteroatoms. The molecular formula is C32H43BrK2N4O10. The van der Waals surface area contributed by atoms with Gasteiger partial charge in [0.05, 0.1) is 12.1 Å². The van der Waals surface area contributed by atoms with Crippen molar-refractivity contribution in [3.05, 3.63) is 59.7 Å². The van der Waals surface area contributed by atoms with Crippen LogP contribution in [0, 0.1) is 18.8 Å². The normalized spacial score (nSPS) is 9.31. The van der Waals surface area contributed by atoms with E-state index in [1.165, 1.54) is 11.4 Å². The molecule has 0 amide bonds. The van der Waals surface area contributed by atoms with Gasteiger partial charge in [-0.3, -0.25) is 14.4 Å². The number of carbonyl (C=O) groups excluding carboxylic acids is 5. The number of fused-ring (bicyclic) bond motifs is 1. The van der Waals surface area contributed by atoms with Crippen LogP contribution in [0.25, 0.3) is 5.52 Å². The SMILES string of the molecule is CC#CC(=O)OCC.CC(=O)c1c(C)c(C(=O)OC(C)(C)C)n2ncccc12.CC(C)(C)OC(=O)CBr.O=CO[O-].[H-].[K+].[K+].c1ccnnc1. The number of aromatic nitrogens is 4. The van der Waals surface area contributed by atoms with E-state index in [2.05, 4.69) is 52.7 Å². The van der Waals surface area contributed by atoms with Crippen LogP contribution < -0.4 is 108 Å². The van der Waals surface area contributed by atoms with E-state index < -0.39 is 17.5 Å².